The number of nitrogens with zero attached hydrogens (tertiary/aromatic N) is 2. The van der Waals surface area contributed by atoms with E-state index in [-0.39, 0.29) is 0 Å². The Kier molecular flexibility index (Phi) is 8.44. The van der Waals surface area contributed by atoms with Gasteiger partial charge in [0.05, 0.1) is 10.2 Å². The van der Waals surface area contributed by atoms with Crippen LogP contribution < -0.4 is 0 Å². The van der Waals surface area contributed by atoms with Gasteiger partial charge in [-0.2, -0.15) is 0 Å². The number of fused-ring (bicyclic) bond motifs is 1. The van der Waals surface area contributed by atoms with Gasteiger partial charge in [0, 0.05) is 12.1 Å². The van der Waals surface area contributed by atoms with E-state index in [9.17, 15) is 0 Å². The monoisotopic (exact) mass is 434 g/mol. The SMILES string of the molecule is c1ccc2sc(SSN(C3CCCCCCC3)C3CCCCCCC3)nc2c1. The zero-order chi connectivity index (χ0) is 19.0. The summed E-state index contributed by atoms with van der Waals surface area (Å²) in [5.41, 5.74) is 1.15. The molecular formula is C23H34N2S3. The van der Waals surface area contributed by atoms with Crippen molar-refractivity contribution in [3.8, 4) is 0 Å². The predicted octanol–water partition coefficient (Wildman–Crippen LogP) is 8.48. The molecule has 0 atom stereocenters. The van der Waals surface area contributed by atoms with E-state index in [1.165, 1.54) is 98.9 Å². The summed E-state index contributed by atoms with van der Waals surface area (Å²) in [5.74, 6) is 0. The van der Waals surface area contributed by atoms with Crippen molar-refractivity contribution >= 4 is 43.3 Å². The molecule has 0 unspecified atom stereocenters. The molecule has 1 aromatic heterocycles. The van der Waals surface area contributed by atoms with Gasteiger partial charge in [-0.15, -0.1) is 11.3 Å². The van der Waals surface area contributed by atoms with Crippen molar-refractivity contribution in [3.05, 3.63) is 24.3 Å². The summed E-state index contributed by atoms with van der Waals surface area (Å²) in [7, 11) is 3.95. The average molecular weight is 435 g/mol. The first kappa shape index (κ1) is 21.0. The van der Waals surface area contributed by atoms with Crippen LogP contribution in [0.5, 0.6) is 0 Å². The summed E-state index contributed by atoms with van der Waals surface area (Å²) < 4.78 is 5.38. The molecule has 2 aliphatic carbocycles. The molecule has 0 amide bonds. The predicted molar refractivity (Wildman–Crippen MR) is 127 cm³/mol. The molecule has 0 aliphatic heterocycles. The van der Waals surface area contributed by atoms with E-state index in [1.807, 2.05) is 33.1 Å². The molecule has 0 bridgehead atoms. The van der Waals surface area contributed by atoms with Crippen molar-refractivity contribution in [3.63, 3.8) is 0 Å². The zero-order valence-electron chi connectivity index (χ0n) is 17.0. The lowest BCUT2D eigenvalue weighted by molar-refractivity contribution is 0.204. The van der Waals surface area contributed by atoms with Gasteiger partial charge in [0.25, 0.3) is 0 Å². The van der Waals surface area contributed by atoms with E-state index >= 15 is 0 Å². The zero-order valence-corrected chi connectivity index (χ0v) is 19.4. The fraction of sp³-hybridized carbons (Fsp3) is 0.696. The molecule has 4 rings (SSSR count). The van der Waals surface area contributed by atoms with Crippen LogP contribution in [0.3, 0.4) is 0 Å². The Bertz CT molecular complexity index is 646. The van der Waals surface area contributed by atoms with Crippen LogP contribution in [0, 0.1) is 0 Å². The van der Waals surface area contributed by atoms with Crippen LogP contribution >= 0.6 is 33.1 Å². The molecule has 1 aromatic carbocycles. The minimum atomic E-state index is 0.761. The van der Waals surface area contributed by atoms with E-state index in [0.717, 1.165) is 17.6 Å². The Hall–Kier alpha value is -0.230. The van der Waals surface area contributed by atoms with Gasteiger partial charge >= 0.3 is 0 Å². The maximum absolute atomic E-state index is 4.88. The molecule has 0 radical (unpaired) electrons. The van der Waals surface area contributed by atoms with Crippen molar-refractivity contribution in [2.24, 2.45) is 0 Å². The molecule has 1 heterocycles. The van der Waals surface area contributed by atoms with Crippen LogP contribution in [0.4, 0.5) is 0 Å². The molecule has 0 saturated heterocycles. The highest BCUT2D eigenvalue weighted by molar-refractivity contribution is 8.76. The fourth-order valence-corrected chi connectivity index (χ4v) is 8.68. The molecule has 154 valence electrons. The third-order valence-electron chi connectivity index (χ3n) is 6.34. The fourth-order valence-electron chi connectivity index (χ4n) is 4.76. The van der Waals surface area contributed by atoms with Gasteiger partial charge in [-0.1, -0.05) is 76.3 Å². The molecule has 2 saturated carbocycles. The Labute approximate surface area is 182 Å². The van der Waals surface area contributed by atoms with Crippen LogP contribution in [-0.2, 0) is 0 Å². The van der Waals surface area contributed by atoms with Gasteiger partial charge in [0.1, 0.15) is 0 Å². The van der Waals surface area contributed by atoms with Gasteiger partial charge in [0.15, 0.2) is 4.34 Å². The summed E-state index contributed by atoms with van der Waals surface area (Å²) >= 11 is 1.85. The second-order valence-electron chi connectivity index (χ2n) is 8.46. The van der Waals surface area contributed by atoms with Crippen molar-refractivity contribution in [2.75, 3.05) is 0 Å². The van der Waals surface area contributed by atoms with Gasteiger partial charge in [0.2, 0.25) is 0 Å². The summed E-state index contributed by atoms with van der Waals surface area (Å²) in [6, 6.07) is 10.1. The molecule has 2 fully saturated rings. The summed E-state index contributed by atoms with van der Waals surface area (Å²) in [4.78, 5) is 4.88. The topological polar surface area (TPSA) is 16.1 Å². The van der Waals surface area contributed by atoms with Crippen LogP contribution in [0.2, 0.25) is 0 Å². The minimum Gasteiger partial charge on any atom is -0.235 e. The Balaban J connectivity index is 1.47. The van der Waals surface area contributed by atoms with Crippen LogP contribution in [0.1, 0.15) is 89.9 Å². The lowest BCUT2D eigenvalue weighted by atomic mass is 9.92. The van der Waals surface area contributed by atoms with Gasteiger partial charge in [-0.3, -0.25) is 0 Å². The maximum atomic E-state index is 4.88. The highest BCUT2D eigenvalue weighted by atomic mass is 33.1. The third kappa shape index (κ3) is 5.90. The Morgan fingerprint density at radius 1 is 0.750 bits per heavy atom. The van der Waals surface area contributed by atoms with Crippen molar-refractivity contribution < 1.29 is 0 Å². The van der Waals surface area contributed by atoms with E-state index in [1.54, 1.807) is 0 Å². The largest absolute Gasteiger partial charge is 0.235 e. The van der Waals surface area contributed by atoms with Crippen molar-refractivity contribution in [1.29, 1.82) is 0 Å². The van der Waals surface area contributed by atoms with E-state index < -0.39 is 0 Å². The second kappa shape index (κ2) is 11.2. The molecular weight excluding hydrogens is 400 g/mol. The van der Waals surface area contributed by atoms with Crippen LogP contribution in [0.25, 0.3) is 10.2 Å². The average Bonchev–Trinajstić information content (AvgIpc) is 3.07. The van der Waals surface area contributed by atoms with E-state index in [2.05, 4.69) is 28.6 Å². The normalized spacial score (nSPS) is 21.3. The summed E-state index contributed by atoms with van der Waals surface area (Å²) in [6.07, 6.45) is 19.9. The molecule has 5 heteroatoms. The molecule has 2 aromatic rings. The number of hydrogen-bond donors (Lipinski definition) is 0. The quantitative estimate of drug-likeness (QED) is 0.346. The number of thiazole rings is 1. The van der Waals surface area contributed by atoms with E-state index in [0.29, 0.717) is 0 Å². The number of para-hydroxylation sites is 1. The molecule has 0 N–H and O–H groups in total. The van der Waals surface area contributed by atoms with E-state index in [4.69, 9.17) is 4.98 Å². The van der Waals surface area contributed by atoms with Crippen molar-refractivity contribution in [1.82, 2.24) is 9.29 Å². The second-order valence-corrected chi connectivity index (χ2v) is 11.8. The number of rotatable bonds is 5. The first-order valence-corrected chi connectivity index (χ1v) is 14.3. The standard InChI is InChI=1S/C23H34N2S3/c1-3-7-13-19(14-8-4-1)25(20-15-9-5-2-6-10-16-20)28-27-23-24-21-17-11-12-18-22(21)26-23/h11-12,17-20H,1-10,13-16H2. The molecule has 0 spiro atoms. The van der Waals surface area contributed by atoms with Gasteiger partial charge in [-0.05, 0) is 59.6 Å². The Morgan fingerprint density at radius 2 is 1.29 bits per heavy atom. The number of aromatic nitrogens is 1. The molecule has 2 aliphatic rings. The number of benzene rings is 1. The lowest BCUT2D eigenvalue weighted by Gasteiger charge is -2.38. The van der Waals surface area contributed by atoms with Crippen LogP contribution in [-0.4, -0.2) is 21.4 Å². The van der Waals surface area contributed by atoms with Gasteiger partial charge < -0.3 is 0 Å². The number of hydrogen-bond acceptors (Lipinski definition) is 5. The molecule has 28 heavy (non-hydrogen) atoms. The third-order valence-corrected chi connectivity index (χ3v) is 10.3. The van der Waals surface area contributed by atoms with Crippen LogP contribution in [0.15, 0.2) is 28.6 Å². The highest BCUT2D eigenvalue weighted by Crippen LogP contribution is 2.43. The first-order chi connectivity index (χ1) is 13.9. The highest BCUT2D eigenvalue weighted by Gasteiger charge is 2.28. The summed E-state index contributed by atoms with van der Waals surface area (Å²) in [5, 5.41) is 0. The molecule has 2 nitrogen and oxygen atoms in total. The lowest BCUT2D eigenvalue weighted by Crippen LogP contribution is -2.38. The first-order valence-electron chi connectivity index (χ1n) is 11.4. The Morgan fingerprint density at radius 3 is 1.86 bits per heavy atom. The smallest absolute Gasteiger partial charge is 0.162 e. The summed E-state index contributed by atoms with van der Waals surface area (Å²) in [6.45, 7) is 0. The van der Waals surface area contributed by atoms with Crippen molar-refractivity contribution in [2.45, 2.75) is 106 Å². The van der Waals surface area contributed by atoms with Gasteiger partial charge in [-0.25, -0.2) is 9.29 Å². The minimum absolute atomic E-state index is 0.761. The maximum Gasteiger partial charge on any atom is 0.162 e.